The quantitative estimate of drug-likeness (QED) is 0.608. The van der Waals surface area contributed by atoms with E-state index in [4.69, 9.17) is 0 Å². The maximum atomic E-state index is 12.2. The summed E-state index contributed by atoms with van der Waals surface area (Å²) in [4.78, 5) is 4.31. The Morgan fingerprint density at radius 1 is 1.08 bits per heavy atom. The van der Waals surface area contributed by atoms with Crippen molar-refractivity contribution in [3.05, 3.63) is 60.4 Å². The van der Waals surface area contributed by atoms with Crippen LogP contribution in [0.3, 0.4) is 0 Å². The second-order valence-corrected chi connectivity index (χ2v) is 5.86. The van der Waals surface area contributed by atoms with Crippen LogP contribution in [0.15, 0.2) is 54.9 Å². The average Bonchev–Trinajstić information content (AvgIpc) is 3.10. The van der Waals surface area contributed by atoms with Crippen LogP contribution < -0.4 is 4.74 Å². The first-order valence-electron chi connectivity index (χ1n) is 8.32. The predicted octanol–water partition coefficient (Wildman–Crippen LogP) is 5.18. The van der Waals surface area contributed by atoms with Gasteiger partial charge >= 0.3 is 6.36 Å². The zero-order chi connectivity index (χ0) is 18.6. The van der Waals surface area contributed by atoms with Crippen LogP contribution in [-0.2, 0) is 6.42 Å². The van der Waals surface area contributed by atoms with E-state index in [0.29, 0.717) is 11.5 Å². The van der Waals surface area contributed by atoms with E-state index in [2.05, 4.69) is 33.9 Å². The molecule has 0 amide bonds. The lowest BCUT2D eigenvalue weighted by Gasteiger charge is -2.09. The van der Waals surface area contributed by atoms with E-state index in [0.717, 1.165) is 24.8 Å². The van der Waals surface area contributed by atoms with Gasteiger partial charge in [0.1, 0.15) is 12.1 Å². The molecule has 0 saturated heterocycles. The zero-order valence-electron chi connectivity index (χ0n) is 14.2. The van der Waals surface area contributed by atoms with Gasteiger partial charge in [0.15, 0.2) is 5.82 Å². The molecule has 0 fully saturated rings. The lowest BCUT2D eigenvalue weighted by molar-refractivity contribution is -0.274. The van der Waals surface area contributed by atoms with Crippen molar-refractivity contribution < 1.29 is 17.9 Å². The molecule has 0 aliphatic carbocycles. The summed E-state index contributed by atoms with van der Waals surface area (Å²) in [6.07, 6.45) is 0.0902. The number of rotatable bonds is 6. The molecule has 0 bridgehead atoms. The number of ether oxygens (including phenoxy) is 1. The Morgan fingerprint density at radius 2 is 1.85 bits per heavy atom. The smallest absolute Gasteiger partial charge is 0.406 e. The average molecular weight is 361 g/mol. The van der Waals surface area contributed by atoms with Gasteiger partial charge in [0.25, 0.3) is 0 Å². The fourth-order valence-corrected chi connectivity index (χ4v) is 2.57. The van der Waals surface area contributed by atoms with Crippen molar-refractivity contribution in [3.8, 4) is 22.8 Å². The van der Waals surface area contributed by atoms with Gasteiger partial charge in [-0.3, -0.25) is 0 Å². The van der Waals surface area contributed by atoms with Crippen molar-refractivity contribution in [1.29, 1.82) is 0 Å². The molecule has 136 valence electrons. The summed E-state index contributed by atoms with van der Waals surface area (Å²) < 4.78 is 42.0. The second kappa shape index (κ2) is 7.59. The first kappa shape index (κ1) is 18.0. The highest BCUT2D eigenvalue weighted by Crippen LogP contribution is 2.24. The van der Waals surface area contributed by atoms with Crippen molar-refractivity contribution in [2.24, 2.45) is 0 Å². The van der Waals surface area contributed by atoms with Crippen LogP contribution in [0.5, 0.6) is 5.75 Å². The Bertz CT molecular complexity index is 857. The number of benzene rings is 2. The summed E-state index contributed by atoms with van der Waals surface area (Å²) >= 11 is 0. The number of halogens is 3. The van der Waals surface area contributed by atoms with Crippen LogP contribution in [0.1, 0.15) is 25.3 Å². The number of nitrogens with zero attached hydrogens (tertiary/aromatic N) is 3. The van der Waals surface area contributed by atoms with Crippen LogP contribution in [0.25, 0.3) is 17.1 Å². The van der Waals surface area contributed by atoms with Crippen LogP contribution in [0.2, 0.25) is 0 Å². The molecule has 0 saturated carbocycles. The SMILES string of the molecule is CCCCc1cccc(-c2ncn(-c3ccc(OC(F)(F)F)cc3)n2)c1. The van der Waals surface area contributed by atoms with Gasteiger partial charge in [-0.1, -0.05) is 31.5 Å². The summed E-state index contributed by atoms with van der Waals surface area (Å²) in [5.74, 6) is 0.296. The molecule has 0 spiro atoms. The number of alkyl halides is 3. The first-order valence-corrected chi connectivity index (χ1v) is 8.32. The van der Waals surface area contributed by atoms with Gasteiger partial charge in [0.05, 0.1) is 5.69 Å². The molecule has 2 aromatic carbocycles. The Balaban J connectivity index is 1.77. The number of unbranched alkanes of at least 4 members (excludes halogenated alkanes) is 1. The lowest BCUT2D eigenvalue weighted by atomic mass is 10.1. The van der Waals surface area contributed by atoms with E-state index in [-0.39, 0.29) is 5.75 Å². The van der Waals surface area contributed by atoms with Crippen molar-refractivity contribution in [2.45, 2.75) is 32.5 Å². The first-order chi connectivity index (χ1) is 12.4. The lowest BCUT2D eigenvalue weighted by Crippen LogP contribution is -2.17. The van der Waals surface area contributed by atoms with E-state index >= 15 is 0 Å². The molecule has 1 aromatic heterocycles. The summed E-state index contributed by atoms with van der Waals surface area (Å²) in [5.41, 5.74) is 2.74. The van der Waals surface area contributed by atoms with Gasteiger partial charge in [-0.25, -0.2) is 9.67 Å². The molecule has 26 heavy (non-hydrogen) atoms. The van der Waals surface area contributed by atoms with Gasteiger partial charge in [0, 0.05) is 5.56 Å². The molecule has 7 heteroatoms. The molecule has 0 unspecified atom stereocenters. The Hall–Kier alpha value is -2.83. The molecule has 0 aliphatic heterocycles. The van der Waals surface area contributed by atoms with Gasteiger partial charge in [-0.15, -0.1) is 18.3 Å². The van der Waals surface area contributed by atoms with Gasteiger partial charge in [0.2, 0.25) is 0 Å². The maximum Gasteiger partial charge on any atom is 0.573 e. The Morgan fingerprint density at radius 3 is 2.54 bits per heavy atom. The third-order valence-electron chi connectivity index (χ3n) is 3.83. The maximum absolute atomic E-state index is 12.2. The monoisotopic (exact) mass is 361 g/mol. The Labute approximate surface area is 149 Å². The standard InChI is InChI=1S/C19H18F3N3O/c1-2-3-5-14-6-4-7-15(12-14)18-23-13-25(24-18)16-8-10-17(11-9-16)26-19(20,21)22/h4,6-13H,2-3,5H2,1H3. The minimum atomic E-state index is -4.70. The molecule has 3 rings (SSSR count). The van der Waals surface area contributed by atoms with Crippen molar-refractivity contribution >= 4 is 0 Å². The fourth-order valence-electron chi connectivity index (χ4n) is 2.57. The molecule has 3 aromatic rings. The van der Waals surface area contributed by atoms with Crippen LogP contribution in [0, 0.1) is 0 Å². The second-order valence-electron chi connectivity index (χ2n) is 5.86. The highest BCUT2D eigenvalue weighted by molar-refractivity contribution is 5.56. The molecule has 0 aliphatic rings. The normalized spacial score (nSPS) is 11.5. The topological polar surface area (TPSA) is 39.9 Å². The number of aromatic nitrogens is 3. The Kier molecular flexibility index (Phi) is 5.25. The fraction of sp³-hybridized carbons (Fsp3) is 0.263. The highest BCUT2D eigenvalue weighted by atomic mass is 19.4. The molecular weight excluding hydrogens is 343 g/mol. The van der Waals surface area contributed by atoms with Crippen molar-refractivity contribution in [2.75, 3.05) is 0 Å². The largest absolute Gasteiger partial charge is 0.573 e. The summed E-state index contributed by atoms with van der Waals surface area (Å²) in [7, 11) is 0. The summed E-state index contributed by atoms with van der Waals surface area (Å²) in [5, 5.41) is 4.42. The highest BCUT2D eigenvalue weighted by Gasteiger charge is 2.30. The third-order valence-corrected chi connectivity index (χ3v) is 3.83. The molecule has 0 N–H and O–H groups in total. The van der Waals surface area contributed by atoms with Gasteiger partial charge in [-0.2, -0.15) is 0 Å². The molecule has 0 atom stereocenters. The summed E-state index contributed by atoms with van der Waals surface area (Å²) in [6.45, 7) is 2.15. The van der Waals surface area contributed by atoms with E-state index in [1.807, 2.05) is 12.1 Å². The number of aryl methyl sites for hydroxylation is 1. The van der Waals surface area contributed by atoms with E-state index < -0.39 is 6.36 Å². The van der Waals surface area contributed by atoms with Crippen LogP contribution in [-0.4, -0.2) is 21.1 Å². The number of hydrogen-bond donors (Lipinski definition) is 0. The third kappa shape index (κ3) is 4.62. The van der Waals surface area contributed by atoms with Gasteiger partial charge in [-0.05, 0) is 48.7 Å². The van der Waals surface area contributed by atoms with Crippen molar-refractivity contribution in [1.82, 2.24) is 14.8 Å². The summed E-state index contributed by atoms with van der Waals surface area (Å²) in [6, 6.07) is 13.5. The van der Waals surface area contributed by atoms with Gasteiger partial charge < -0.3 is 4.74 Å². The molecular formula is C19H18F3N3O. The molecule has 4 nitrogen and oxygen atoms in total. The van der Waals surface area contributed by atoms with Crippen molar-refractivity contribution in [3.63, 3.8) is 0 Å². The van der Waals surface area contributed by atoms with E-state index in [9.17, 15) is 13.2 Å². The zero-order valence-corrected chi connectivity index (χ0v) is 14.2. The molecule has 0 radical (unpaired) electrons. The minimum Gasteiger partial charge on any atom is -0.406 e. The number of hydrogen-bond acceptors (Lipinski definition) is 3. The van der Waals surface area contributed by atoms with Crippen LogP contribution >= 0.6 is 0 Å². The predicted molar refractivity (Wildman–Crippen MR) is 92.1 cm³/mol. The van der Waals surface area contributed by atoms with E-state index in [1.165, 1.54) is 40.8 Å². The van der Waals surface area contributed by atoms with Crippen LogP contribution in [0.4, 0.5) is 13.2 Å². The molecule has 1 heterocycles. The van der Waals surface area contributed by atoms with E-state index in [1.54, 1.807) is 0 Å². The minimum absolute atomic E-state index is 0.273.